The van der Waals surface area contributed by atoms with Gasteiger partial charge in [0, 0.05) is 51.0 Å². The fourth-order valence-electron chi connectivity index (χ4n) is 5.12. The van der Waals surface area contributed by atoms with Gasteiger partial charge in [0.05, 0.1) is 17.9 Å². The van der Waals surface area contributed by atoms with Gasteiger partial charge >= 0.3 is 0 Å². The zero-order valence-corrected chi connectivity index (χ0v) is 16.9. The van der Waals surface area contributed by atoms with Crippen LogP contribution >= 0.6 is 0 Å². The van der Waals surface area contributed by atoms with Crippen molar-refractivity contribution >= 4 is 10.0 Å². The molecule has 9 heteroatoms. The number of aryl methyl sites for hydroxylation is 1. The minimum Gasteiger partial charge on any atom is -0.372 e. The molecule has 1 aromatic rings. The number of sulfonamides is 1. The van der Waals surface area contributed by atoms with Crippen molar-refractivity contribution in [3.8, 4) is 0 Å². The smallest absolute Gasteiger partial charge is 0.286 e. The molecule has 28 heavy (non-hydrogen) atoms. The first-order valence-electron chi connectivity index (χ1n) is 9.76. The van der Waals surface area contributed by atoms with E-state index in [4.69, 9.17) is 4.74 Å². The molecule has 4 aliphatic rings. The van der Waals surface area contributed by atoms with Crippen molar-refractivity contribution in [3.05, 3.63) is 23.5 Å². The molecule has 154 valence electrons. The van der Waals surface area contributed by atoms with Gasteiger partial charge in [0.15, 0.2) is 0 Å². The predicted octanol–water partition coefficient (Wildman–Crippen LogP) is 2.13. The predicted molar refractivity (Wildman–Crippen MR) is 97.6 cm³/mol. The van der Waals surface area contributed by atoms with E-state index in [2.05, 4.69) is 9.88 Å². The third kappa shape index (κ3) is 2.74. The normalized spacial score (nSPS) is 27.1. The molecule has 4 fully saturated rings. The number of hydrogen-bond donors (Lipinski definition) is 0. The quantitative estimate of drug-likeness (QED) is 0.757. The molecular formula is C19H25F2N3O3S. The van der Waals surface area contributed by atoms with Crippen molar-refractivity contribution in [2.75, 3.05) is 32.8 Å². The molecule has 4 heterocycles. The minimum absolute atomic E-state index is 0.0260. The van der Waals surface area contributed by atoms with Crippen LogP contribution in [0.4, 0.5) is 8.78 Å². The van der Waals surface area contributed by atoms with Gasteiger partial charge in [-0.2, -0.15) is 13.1 Å². The largest absolute Gasteiger partial charge is 0.372 e. The summed E-state index contributed by atoms with van der Waals surface area (Å²) in [6.07, 6.45) is 3.20. The number of halogens is 2. The Morgan fingerprint density at radius 1 is 1.21 bits per heavy atom. The van der Waals surface area contributed by atoms with E-state index in [1.54, 1.807) is 0 Å². The summed E-state index contributed by atoms with van der Waals surface area (Å²) in [5.74, 6) is -3.09. The van der Waals surface area contributed by atoms with Crippen LogP contribution in [0, 0.1) is 12.3 Å². The first-order valence-corrected chi connectivity index (χ1v) is 11.2. The van der Waals surface area contributed by atoms with Gasteiger partial charge in [-0.15, -0.1) is 0 Å². The molecule has 0 unspecified atom stereocenters. The minimum atomic E-state index is -3.69. The maximum Gasteiger partial charge on any atom is 0.286 e. The summed E-state index contributed by atoms with van der Waals surface area (Å²) in [6, 6.07) is 2.91. The maximum absolute atomic E-state index is 13.4. The number of hydrogen-bond acceptors (Lipinski definition) is 5. The fraction of sp³-hybridized carbons (Fsp3) is 0.737. The summed E-state index contributed by atoms with van der Waals surface area (Å²) in [7, 11) is -3.69. The second kappa shape index (κ2) is 5.71. The van der Waals surface area contributed by atoms with E-state index in [1.165, 1.54) is 17.3 Å². The topological polar surface area (TPSA) is 62.7 Å². The van der Waals surface area contributed by atoms with Crippen molar-refractivity contribution in [2.24, 2.45) is 5.41 Å². The summed E-state index contributed by atoms with van der Waals surface area (Å²) >= 11 is 0. The molecule has 1 saturated carbocycles. The Labute approximate surface area is 163 Å². The van der Waals surface area contributed by atoms with Crippen LogP contribution in [0.25, 0.3) is 0 Å². The Bertz CT molecular complexity index is 905. The monoisotopic (exact) mass is 413 g/mol. The van der Waals surface area contributed by atoms with Crippen LogP contribution in [-0.4, -0.2) is 67.0 Å². The molecule has 0 amide bonds. The highest BCUT2D eigenvalue weighted by Crippen LogP contribution is 2.54. The van der Waals surface area contributed by atoms with Crippen LogP contribution < -0.4 is 0 Å². The van der Waals surface area contributed by atoms with Crippen molar-refractivity contribution in [2.45, 2.75) is 55.6 Å². The summed E-state index contributed by atoms with van der Waals surface area (Å²) in [6.45, 7) is 6.13. The number of aromatic nitrogens is 1. The zero-order valence-electron chi connectivity index (χ0n) is 16.1. The van der Waals surface area contributed by atoms with E-state index in [-0.39, 0.29) is 21.6 Å². The number of pyridine rings is 1. The van der Waals surface area contributed by atoms with Crippen LogP contribution in [0.5, 0.6) is 0 Å². The average Bonchev–Trinajstić information content (AvgIpc) is 2.42. The number of rotatable bonds is 4. The summed E-state index contributed by atoms with van der Waals surface area (Å²) in [5, 5.41) is 0. The lowest BCUT2D eigenvalue weighted by atomic mass is 9.60. The van der Waals surface area contributed by atoms with Gasteiger partial charge in [0.25, 0.3) is 5.92 Å². The molecule has 2 spiro atoms. The van der Waals surface area contributed by atoms with Gasteiger partial charge < -0.3 is 4.74 Å². The van der Waals surface area contributed by atoms with Crippen molar-refractivity contribution < 1.29 is 21.9 Å². The fourth-order valence-corrected chi connectivity index (χ4v) is 6.95. The average molecular weight is 413 g/mol. The Morgan fingerprint density at radius 2 is 1.86 bits per heavy atom. The molecule has 3 saturated heterocycles. The van der Waals surface area contributed by atoms with Crippen molar-refractivity contribution in [1.29, 1.82) is 0 Å². The van der Waals surface area contributed by atoms with Gasteiger partial charge in [-0.3, -0.25) is 9.88 Å². The van der Waals surface area contributed by atoms with E-state index in [1.807, 2.05) is 0 Å². The van der Waals surface area contributed by atoms with E-state index < -0.39 is 21.6 Å². The second-order valence-corrected chi connectivity index (χ2v) is 11.1. The SMILES string of the molecule is Cc1nc(C(C)(F)F)ccc1S(=O)(=O)N1CC2(CC(N3CC4(CCO4)C3)C2)C1. The molecule has 0 atom stereocenters. The van der Waals surface area contributed by atoms with E-state index in [9.17, 15) is 17.2 Å². The van der Waals surface area contributed by atoms with E-state index in [0.29, 0.717) is 19.1 Å². The van der Waals surface area contributed by atoms with E-state index in [0.717, 1.165) is 51.9 Å². The molecule has 1 aromatic heterocycles. The van der Waals surface area contributed by atoms with Crippen molar-refractivity contribution in [3.63, 3.8) is 0 Å². The molecule has 5 rings (SSSR count). The molecule has 0 N–H and O–H groups in total. The van der Waals surface area contributed by atoms with Crippen LogP contribution in [0.15, 0.2) is 17.0 Å². The van der Waals surface area contributed by atoms with Crippen LogP contribution in [0.1, 0.15) is 37.6 Å². The second-order valence-electron chi connectivity index (χ2n) is 9.19. The van der Waals surface area contributed by atoms with E-state index >= 15 is 0 Å². The third-order valence-corrected chi connectivity index (χ3v) is 8.86. The van der Waals surface area contributed by atoms with Crippen LogP contribution in [0.2, 0.25) is 0 Å². The molecule has 0 bridgehead atoms. The Hall–Kier alpha value is -1.16. The third-order valence-electron chi connectivity index (χ3n) is 6.93. The van der Waals surface area contributed by atoms with Gasteiger partial charge in [-0.05, 0) is 31.9 Å². The van der Waals surface area contributed by atoms with Crippen LogP contribution in [-0.2, 0) is 20.7 Å². The van der Waals surface area contributed by atoms with Crippen molar-refractivity contribution in [1.82, 2.24) is 14.2 Å². The highest BCUT2D eigenvalue weighted by molar-refractivity contribution is 7.89. The molecule has 0 radical (unpaired) electrons. The summed E-state index contributed by atoms with van der Waals surface area (Å²) < 4.78 is 59.8. The molecular weight excluding hydrogens is 388 g/mol. The van der Waals surface area contributed by atoms with Gasteiger partial charge in [-0.25, -0.2) is 8.42 Å². The van der Waals surface area contributed by atoms with Gasteiger partial charge in [0.2, 0.25) is 10.0 Å². The maximum atomic E-state index is 13.4. The Morgan fingerprint density at radius 3 is 2.36 bits per heavy atom. The lowest BCUT2D eigenvalue weighted by molar-refractivity contribution is -0.246. The number of nitrogens with zero attached hydrogens (tertiary/aromatic N) is 3. The summed E-state index contributed by atoms with van der Waals surface area (Å²) in [5.41, 5.74) is -0.0750. The highest BCUT2D eigenvalue weighted by Gasteiger charge is 2.60. The number of alkyl halides is 2. The van der Waals surface area contributed by atoms with Crippen LogP contribution in [0.3, 0.4) is 0 Å². The van der Waals surface area contributed by atoms with Gasteiger partial charge in [0.1, 0.15) is 10.6 Å². The molecule has 1 aliphatic carbocycles. The number of ether oxygens (including phenoxy) is 1. The first-order chi connectivity index (χ1) is 13.0. The van der Waals surface area contributed by atoms with Gasteiger partial charge in [-0.1, -0.05) is 0 Å². The lowest BCUT2D eigenvalue weighted by Gasteiger charge is -2.65. The first kappa shape index (κ1) is 18.8. The Balaban J connectivity index is 1.20. The highest BCUT2D eigenvalue weighted by atomic mass is 32.2. The summed E-state index contributed by atoms with van der Waals surface area (Å²) in [4.78, 5) is 6.31. The molecule has 3 aliphatic heterocycles. The molecule has 0 aromatic carbocycles. The number of likely N-dealkylation sites (tertiary alicyclic amines) is 1. The lowest BCUT2D eigenvalue weighted by Crippen LogP contribution is -2.75. The zero-order chi connectivity index (χ0) is 19.9. The molecule has 6 nitrogen and oxygen atoms in total. The Kier molecular flexibility index (Phi) is 3.84. The standard InChI is InChI=1S/C19H25F2N3O3S/c1-13-15(3-4-16(22-13)17(2,20)21)28(25,26)24-9-18(10-24)7-14(8-18)23-11-19(12-23)5-6-27-19/h3-4,14H,5-12H2,1-2H3.